The highest BCUT2D eigenvalue weighted by atomic mass is 16.5. The lowest BCUT2D eigenvalue weighted by Gasteiger charge is -2.43. The van der Waals surface area contributed by atoms with Crippen molar-refractivity contribution in [3.63, 3.8) is 0 Å². The van der Waals surface area contributed by atoms with Crippen LogP contribution in [0, 0.1) is 5.41 Å². The first kappa shape index (κ1) is 16.0. The van der Waals surface area contributed by atoms with Crippen molar-refractivity contribution in [1.29, 1.82) is 0 Å². The van der Waals surface area contributed by atoms with Gasteiger partial charge in [-0.25, -0.2) is 0 Å². The molecule has 0 amide bonds. The molecule has 0 spiro atoms. The van der Waals surface area contributed by atoms with E-state index < -0.39 is 12.0 Å². The lowest BCUT2D eigenvalue weighted by atomic mass is 9.80. The van der Waals surface area contributed by atoms with Crippen LogP contribution in [0.1, 0.15) is 45.2 Å². The Labute approximate surface area is 136 Å². The third-order valence-electron chi connectivity index (χ3n) is 5.39. The molecule has 3 rings (SSSR count). The highest BCUT2D eigenvalue weighted by Gasteiger charge is 2.63. The minimum Gasteiger partial charge on any atom is -0.480 e. The van der Waals surface area contributed by atoms with Crippen molar-refractivity contribution in [2.45, 2.75) is 57.8 Å². The molecule has 1 aliphatic heterocycles. The second-order valence-electron chi connectivity index (χ2n) is 7.05. The summed E-state index contributed by atoms with van der Waals surface area (Å²) in [6, 6.07) is 9.27. The fourth-order valence-corrected chi connectivity index (χ4v) is 4.53. The van der Waals surface area contributed by atoms with Gasteiger partial charge in [0, 0.05) is 19.0 Å². The molecule has 1 N–H and O–H groups in total. The van der Waals surface area contributed by atoms with Crippen LogP contribution in [-0.2, 0) is 14.3 Å². The number of hydrogen-bond acceptors (Lipinski definition) is 4. The fraction of sp³-hybridized carbons (Fsp3) is 0.556. The Kier molecular flexibility index (Phi) is 3.92. The summed E-state index contributed by atoms with van der Waals surface area (Å²) in [6.07, 6.45) is 1.14. The maximum atomic E-state index is 11.9. The molecule has 1 aromatic rings. The highest BCUT2D eigenvalue weighted by molar-refractivity contribution is 5.76. The lowest BCUT2D eigenvalue weighted by molar-refractivity contribution is -0.159. The second kappa shape index (κ2) is 5.64. The minimum absolute atomic E-state index is 0.0394. The number of benzene rings is 1. The van der Waals surface area contributed by atoms with E-state index in [0.29, 0.717) is 6.42 Å². The Morgan fingerprint density at radius 3 is 2.52 bits per heavy atom. The number of rotatable bonds is 4. The molecule has 1 saturated heterocycles. The minimum atomic E-state index is -0.793. The summed E-state index contributed by atoms with van der Waals surface area (Å²) in [6.45, 7) is 5.44. The van der Waals surface area contributed by atoms with Crippen LogP contribution in [0.25, 0.3) is 0 Å². The normalized spacial score (nSPS) is 34.3. The number of carbonyl (C=O) groups excluding carboxylic acids is 1. The number of esters is 1. The van der Waals surface area contributed by atoms with Crippen LogP contribution in [0.2, 0.25) is 0 Å². The number of aliphatic carboxylic acids is 1. The Bertz CT molecular complexity index is 617. The summed E-state index contributed by atoms with van der Waals surface area (Å²) < 4.78 is 5.48. The number of hydrogen-bond donors (Lipinski definition) is 1. The molecule has 5 atom stereocenters. The smallest absolute Gasteiger partial charge is 0.321 e. The van der Waals surface area contributed by atoms with Gasteiger partial charge in [-0.1, -0.05) is 37.3 Å². The third kappa shape index (κ3) is 2.63. The fourth-order valence-electron chi connectivity index (χ4n) is 4.53. The van der Waals surface area contributed by atoms with Gasteiger partial charge in [0.1, 0.15) is 12.1 Å². The van der Waals surface area contributed by atoms with Gasteiger partial charge in [-0.3, -0.25) is 14.5 Å². The molecule has 1 saturated carbocycles. The number of ether oxygens (including phenoxy) is 1. The van der Waals surface area contributed by atoms with E-state index >= 15 is 0 Å². The summed E-state index contributed by atoms with van der Waals surface area (Å²) in [4.78, 5) is 25.3. The molecule has 2 fully saturated rings. The largest absolute Gasteiger partial charge is 0.480 e. The lowest BCUT2D eigenvalue weighted by Crippen LogP contribution is -2.55. The van der Waals surface area contributed by atoms with Gasteiger partial charge in [0.15, 0.2) is 0 Å². The number of nitrogens with zero attached hydrogens (tertiary/aromatic N) is 1. The van der Waals surface area contributed by atoms with Gasteiger partial charge in [0.25, 0.3) is 0 Å². The molecule has 0 radical (unpaired) electrons. The molecule has 5 heteroatoms. The van der Waals surface area contributed by atoms with E-state index in [1.54, 1.807) is 0 Å². The van der Waals surface area contributed by atoms with Crippen LogP contribution in [0.3, 0.4) is 0 Å². The Morgan fingerprint density at radius 2 is 1.96 bits per heavy atom. The summed E-state index contributed by atoms with van der Waals surface area (Å²) in [5.41, 5.74) is 0.719. The van der Waals surface area contributed by atoms with E-state index in [2.05, 4.69) is 0 Å². The zero-order valence-corrected chi connectivity index (χ0v) is 13.7. The van der Waals surface area contributed by atoms with Gasteiger partial charge in [0.2, 0.25) is 0 Å². The van der Waals surface area contributed by atoms with Crippen LogP contribution in [0.15, 0.2) is 30.3 Å². The first-order valence-electron chi connectivity index (χ1n) is 8.06. The summed E-state index contributed by atoms with van der Waals surface area (Å²) >= 11 is 0. The zero-order chi connectivity index (χ0) is 16.8. The Balaban J connectivity index is 1.95. The third-order valence-corrected chi connectivity index (χ3v) is 5.39. The number of likely N-dealkylation sites (tertiary alicyclic amines) is 1. The van der Waals surface area contributed by atoms with Gasteiger partial charge < -0.3 is 9.84 Å². The Morgan fingerprint density at radius 1 is 1.30 bits per heavy atom. The molecule has 1 unspecified atom stereocenters. The summed E-state index contributed by atoms with van der Waals surface area (Å²) in [7, 11) is 0. The van der Waals surface area contributed by atoms with Gasteiger partial charge >= 0.3 is 11.9 Å². The first-order chi connectivity index (χ1) is 10.8. The molecule has 5 nitrogen and oxygen atoms in total. The predicted molar refractivity (Wildman–Crippen MR) is 84.8 cm³/mol. The molecule has 124 valence electrons. The second-order valence-corrected chi connectivity index (χ2v) is 7.05. The highest BCUT2D eigenvalue weighted by Crippen LogP contribution is 2.55. The Hall–Kier alpha value is -1.88. The monoisotopic (exact) mass is 317 g/mol. The van der Waals surface area contributed by atoms with E-state index in [4.69, 9.17) is 4.74 Å². The summed E-state index contributed by atoms with van der Waals surface area (Å²) in [5.74, 6) is -1.09. The van der Waals surface area contributed by atoms with Crippen molar-refractivity contribution in [2.75, 3.05) is 0 Å². The first-order valence-corrected chi connectivity index (χ1v) is 8.06. The SMILES string of the molecule is CC(=O)O[C@@H]1C[C@]2(C)CC1N([C@H](C)c1ccccc1)[C@@H]2C(=O)O. The standard InChI is InChI=1S/C18H23NO4/c1-11(13-7-5-4-6-8-13)19-14-9-18(3,16(19)17(21)22)10-15(14)23-12(2)20/h4-8,11,14-16H,9-10H2,1-3H3,(H,21,22)/t11-,14?,15-,16-,18+/m1/s1. The van der Waals surface area contributed by atoms with Crippen LogP contribution < -0.4 is 0 Å². The van der Waals surface area contributed by atoms with Crippen LogP contribution in [0.5, 0.6) is 0 Å². The quantitative estimate of drug-likeness (QED) is 0.865. The van der Waals surface area contributed by atoms with Gasteiger partial charge in [-0.15, -0.1) is 0 Å². The van der Waals surface area contributed by atoms with Gasteiger partial charge in [0.05, 0.1) is 0 Å². The predicted octanol–water partition coefficient (Wildman–Crippen LogP) is 2.62. The van der Waals surface area contributed by atoms with Crippen molar-refractivity contribution in [3.8, 4) is 0 Å². The van der Waals surface area contributed by atoms with Crippen molar-refractivity contribution >= 4 is 11.9 Å². The van der Waals surface area contributed by atoms with E-state index in [9.17, 15) is 14.7 Å². The topological polar surface area (TPSA) is 66.8 Å². The number of carboxylic acid groups (broad SMARTS) is 1. The zero-order valence-electron chi connectivity index (χ0n) is 13.7. The number of fused-ring (bicyclic) bond motifs is 2. The van der Waals surface area contributed by atoms with Crippen LogP contribution in [0.4, 0.5) is 0 Å². The van der Waals surface area contributed by atoms with Crippen LogP contribution >= 0.6 is 0 Å². The molecule has 2 aliphatic rings. The number of carbonyl (C=O) groups is 2. The molecule has 1 aromatic carbocycles. The van der Waals surface area contributed by atoms with E-state index in [0.717, 1.165) is 12.0 Å². The van der Waals surface area contributed by atoms with E-state index in [-0.39, 0.29) is 29.6 Å². The number of carboxylic acids is 1. The van der Waals surface area contributed by atoms with Crippen molar-refractivity contribution in [1.82, 2.24) is 4.90 Å². The van der Waals surface area contributed by atoms with Crippen molar-refractivity contribution in [2.24, 2.45) is 5.41 Å². The average molecular weight is 317 g/mol. The van der Waals surface area contributed by atoms with Crippen molar-refractivity contribution < 1.29 is 19.4 Å². The van der Waals surface area contributed by atoms with E-state index in [1.165, 1.54) is 6.92 Å². The molecule has 1 aliphatic carbocycles. The molecule has 23 heavy (non-hydrogen) atoms. The van der Waals surface area contributed by atoms with Crippen molar-refractivity contribution in [3.05, 3.63) is 35.9 Å². The molecular formula is C18H23NO4. The summed E-state index contributed by atoms with van der Waals surface area (Å²) in [5, 5.41) is 9.79. The molecule has 2 bridgehead atoms. The molecule has 1 heterocycles. The van der Waals surface area contributed by atoms with Crippen LogP contribution in [-0.4, -0.2) is 40.1 Å². The molecular weight excluding hydrogens is 294 g/mol. The van der Waals surface area contributed by atoms with Gasteiger partial charge in [-0.05, 0) is 30.7 Å². The maximum absolute atomic E-state index is 11.9. The number of piperidine rings is 1. The van der Waals surface area contributed by atoms with E-state index in [1.807, 2.05) is 49.1 Å². The van der Waals surface area contributed by atoms with Gasteiger partial charge in [-0.2, -0.15) is 0 Å². The maximum Gasteiger partial charge on any atom is 0.321 e. The average Bonchev–Trinajstić information content (AvgIpc) is 2.96. The molecule has 0 aromatic heterocycles.